The van der Waals surface area contributed by atoms with Crippen LogP contribution in [-0.2, 0) is 9.63 Å². The lowest BCUT2D eigenvalue weighted by Gasteiger charge is -2.55. The van der Waals surface area contributed by atoms with Gasteiger partial charge in [0, 0.05) is 5.57 Å². The summed E-state index contributed by atoms with van der Waals surface area (Å²) in [5, 5.41) is 2.07. The first kappa shape index (κ1) is 17.2. The number of hydrogen-bond donors (Lipinski definition) is 0. The number of carbonyl (C=O) groups is 1. The molecule has 1 fully saturated rings. The zero-order valence-corrected chi connectivity index (χ0v) is 13.9. The molecular formula is C17H31NO2. The second kappa shape index (κ2) is 6.75. The van der Waals surface area contributed by atoms with Crippen molar-refractivity contribution in [3.63, 3.8) is 0 Å². The maximum absolute atomic E-state index is 12.1. The third-order valence-electron chi connectivity index (χ3n) is 5.30. The average molecular weight is 281 g/mol. The first-order chi connectivity index (χ1) is 9.41. The van der Waals surface area contributed by atoms with Gasteiger partial charge in [0.15, 0.2) is 0 Å². The molecular weight excluding hydrogens is 250 g/mol. The molecule has 20 heavy (non-hydrogen) atoms. The van der Waals surface area contributed by atoms with Crippen LogP contribution < -0.4 is 0 Å². The molecule has 3 nitrogen and oxygen atoms in total. The van der Waals surface area contributed by atoms with Crippen molar-refractivity contribution < 1.29 is 9.63 Å². The molecule has 0 aromatic carbocycles. The van der Waals surface area contributed by atoms with E-state index in [9.17, 15) is 4.79 Å². The topological polar surface area (TPSA) is 29.5 Å². The summed E-state index contributed by atoms with van der Waals surface area (Å²) in [5.41, 5.74) is 0.433. The summed E-state index contributed by atoms with van der Waals surface area (Å²) in [6.07, 6.45) is 7.45. The minimum absolute atomic E-state index is 0.0185. The largest absolute Gasteiger partial charge is 0.363 e. The fourth-order valence-corrected chi connectivity index (χ4v) is 3.59. The molecule has 1 aliphatic heterocycles. The monoisotopic (exact) mass is 281 g/mol. The number of rotatable bonds is 6. The Morgan fingerprint density at radius 2 is 1.45 bits per heavy atom. The molecule has 0 N–H and O–H groups in total. The van der Waals surface area contributed by atoms with Gasteiger partial charge >= 0.3 is 5.97 Å². The summed E-state index contributed by atoms with van der Waals surface area (Å²) < 4.78 is 0. The standard InChI is InChI=1S/C17H31NO2/c1-7-16(8-2)12-11-13-17(9-3,10-4)18(16)20-15(19)14(5)6/h5,7-13H2,1-4,6H3. The van der Waals surface area contributed by atoms with Crippen LogP contribution in [0.25, 0.3) is 0 Å². The van der Waals surface area contributed by atoms with Gasteiger partial charge in [0.05, 0.1) is 11.1 Å². The molecule has 1 heterocycles. The minimum atomic E-state index is -0.288. The number of carbonyl (C=O) groups excluding carboxylic acids is 1. The van der Waals surface area contributed by atoms with E-state index in [1.165, 1.54) is 6.42 Å². The SMILES string of the molecule is C=C(C)C(=O)ON1C(CC)(CC)CCCC1(CC)CC. The van der Waals surface area contributed by atoms with Crippen molar-refractivity contribution in [2.75, 3.05) is 0 Å². The van der Waals surface area contributed by atoms with Crippen molar-refractivity contribution in [1.29, 1.82) is 0 Å². The van der Waals surface area contributed by atoms with Crippen molar-refractivity contribution in [3.05, 3.63) is 12.2 Å². The Morgan fingerprint density at radius 1 is 1.05 bits per heavy atom. The molecule has 116 valence electrons. The third kappa shape index (κ3) is 2.93. The predicted octanol–water partition coefficient (Wildman–Crippen LogP) is 4.62. The maximum atomic E-state index is 12.1. The van der Waals surface area contributed by atoms with Gasteiger partial charge in [0.25, 0.3) is 0 Å². The normalized spacial score (nSPS) is 21.4. The second-order valence-electron chi connectivity index (χ2n) is 6.17. The van der Waals surface area contributed by atoms with Gasteiger partial charge in [-0.05, 0) is 51.9 Å². The highest BCUT2D eigenvalue weighted by Crippen LogP contribution is 2.46. The van der Waals surface area contributed by atoms with E-state index in [1.54, 1.807) is 6.92 Å². The molecule has 0 aromatic rings. The van der Waals surface area contributed by atoms with Crippen LogP contribution >= 0.6 is 0 Å². The van der Waals surface area contributed by atoms with E-state index in [1.807, 2.05) is 0 Å². The summed E-state index contributed by atoms with van der Waals surface area (Å²) in [7, 11) is 0. The summed E-state index contributed by atoms with van der Waals surface area (Å²) in [4.78, 5) is 17.9. The van der Waals surface area contributed by atoms with E-state index < -0.39 is 0 Å². The lowest BCUT2D eigenvalue weighted by atomic mass is 9.73. The van der Waals surface area contributed by atoms with Crippen molar-refractivity contribution in [1.82, 2.24) is 5.06 Å². The van der Waals surface area contributed by atoms with Gasteiger partial charge in [0.2, 0.25) is 0 Å². The molecule has 0 radical (unpaired) electrons. The molecule has 0 saturated carbocycles. The van der Waals surface area contributed by atoms with Crippen LogP contribution in [0, 0.1) is 0 Å². The Kier molecular flexibility index (Phi) is 5.81. The fourth-order valence-electron chi connectivity index (χ4n) is 3.59. The summed E-state index contributed by atoms with van der Waals surface area (Å²) in [5.74, 6) is -0.288. The molecule has 0 spiro atoms. The Balaban J connectivity index is 3.18. The van der Waals surface area contributed by atoms with Crippen LogP contribution in [0.2, 0.25) is 0 Å². The van der Waals surface area contributed by atoms with E-state index in [0.29, 0.717) is 5.57 Å². The van der Waals surface area contributed by atoms with Crippen LogP contribution in [0.4, 0.5) is 0 Å². The first-order valence-electron chi connectivity index (χ1n) is 8.09. The Morgan fingerprint density at radius 3 is 1.75 bits per heavy atom. The second-order valence-corrected chi connectivity index (χ2v) is 6.17. The Bertz CT molecular complexity index is 334. The summed E-state index contributed by atoms with van der Waals surface area (Å²) in [6.45, 7) is 14.2. The molecule has 1 rings (SSSR count). The van der Waals surface area contributed by atoms with Gasteiger partial charge in [-0.3, -0.25) is 0 Å². The lowest BCUT2D eigenvalue weighted by molar-refractivity contribution is -0.281. The van der Waals surface area contributed by atoms with E-state index >= 15 is 0 Å². The van der Waals surface area contributed by atoms with Crippen molar-refractivity contribution >= 4 is 5.97 Å². The van der Waals surface area contributed by atoms with E-state index in [4.69, 9.17) is 4.84 Å². The van der Waals surface area contributed by atoms with E-state index in [0.717, 1.165) is 38.5 Å². The van der Waals surface area contributed by atoms with Gasteiger partial charge in [-0.25, -0.2) is 4.79 Å². The highest BCUT2D eigenvalue weighted by Gasteiger charge is 2.50. The van der Waals surface area contributed by atoms with Crippen LogP contribution in [0.3, 0.4) is 0 Å². The molecule has 1 aliphatic rings. The first-order valence-corrected chi connectivity index (χ1v) is 8.09. The summed E-state index contributed by atoms with van der Waals surface area (Å²) >= 11 is 0. The minimum Gasteiger partial charge on any atom is -0.363 e. The quantitative estimate of drug-likeness (QED) is 0.665. The Hall–Kier alpha value is -0.830. The molecule has 1 saturated heterocycles. The molecule has 0 aliphatic carbocycles. The number of hydrogen-bond acceptors (Lipinski definition) is 3. The van der Waals surface area contributed by atoms with E-state index in [-0.39, 0.29) is 17.0 Å². The van der Waals surface area contributed by atoms with Gasteiger partial charge in [-0.15, -0.1) is 5.06 Å². The smallest absolute Gasteiger partial charge is 0.352 e. The van der Waals surface area contributed by atoms with E-state index in [2.05, 4.69) is 39.3 Å². The van der Waals surface area contributed by atoms with Gasteiger partial charge in [-0.2, -0.15) is 0 Å². The zero-order chi connectivity index (χ0) is 15.4. The average Bonchev–Trinajstić information content (AvgIpc) is 2.47. The van der Waals surface area contributed by atoms with Crippen LogP contribution in [-0.4, -0.2) is 22.1 Å². The summed E-state index contributed by atoms with van der Waals surface area (Å²) in [6, 6.07) is 0. The highest BCUT2D eigenvalue weighted by atomic mass is 16.7. The molecule has 0 atom stereocenters. The maximum Gasteiger partial charge on any atom is 0.352 e. The molecule has 0 unspecified atom stereocenters. The number of hydroxylamine groups is 2. The van der Waals surface area contributed by atoms with Gasteiger partial charge in [-0.1, -0.05) is 34.3 Å². The van der Waals surface area contributed by atoms with Gasteiger partial charge in [0.1, 0.15) is 0 Å². The third-order valence-corrected chi connectivity index (χ3v) is 5.30. The molecule has 0 amide bonds. The highest BCUT2D eigenvalue weighted by molar-refractivity contribution is 5.86. The van der Waals surface area contributed by atoms with Crippen molar-refractivity contribution in [3.8, 4) is 0 Å². The molecule has 0 bridgehead atoms. The van der Waals surface area contributed by atoms with Crippen molar-refractivity contribution in [2.45, 2.75) is 90.6 Å². The van der Waals surface area contributed by atoms with Crippen LogP contribution in [0.5, 0.6) is 0 Å². The Labute approximate surface area is 124 Å². The van der Waals surface area contributed by atoms with Crippen LogP contribution in [0.15, 0.2) is 12.2 Å². The number of piperidine rings is 1. The lowest BCUT2D eigenvalue weighted by Crippen LogP contribution is -2.63. The molecule has 3 heteroatoms. The number of nitrogens with zero attached hydrogens (tertiary/aromatic N) is 1. The van der Waals surface area contributed by atoms with Crippen molar-refractivity contribution in [2.24, 2.45) is 0 Å². The predicted molar refractivity (Wildman–Crippen MR) is 83.2 cm³/mol. The zero-order valence-electron chi connectivity index (χ0n) is 13.9. The molecule has 0 aromatic heterocycles. The van der Waals surface area contributed by atoms with Crippen LogP contribution in [0.1, 0.15) is 79.6 Å². The van der Waals surface area contributed by atoms with Gasteiger partial charge < -0.3 is 4.84 Å². The fraction of sp³-hybridized carbons (Fsp3) is 0.824.